The van der Waals surface area contributed by atoms with Gasteiger partial charge in [0.15, 0.2) is 0 Å². The van der Waals surface area contributed by atoms with E-state index in [1.54, 1.807) is 7.05 Å². The second-order valence-electron chi connectivity index (χ2n) is 4.56. The average Bonchev–Trinajstić information content (AvgIpc) is 2.02. The van der Waals surface area contributed by atoms with Crippen LogP contribution in [0.15, 0.2) is 0 Å². The van der Waals surface area contributed by atoms with Gasteiger partial charge in [-0.05, 0) is 45.1 Å². The summed E-state index contributed by atoms with van der Waals surface area (Å²) in [5.74, 6) is 0.691. The maximum atomic E-state index is 12.2. The largest absolute Gasteiger partial charge is 1.00 e. The van der Waals surface area contributed by atoms with Crippen molar-refractivity contribution in [2.45, 2.75) is 38.6 Å². The summed E-state index contributed by atoms with van der Waals surface area (Å²) >= 11 is 0. The fourth-order valence-corrected chi connectivity index (χ4v) is 2.16. The van der Waals surface area contributed by atoms with Crippen LogP contribution >= 0.6 is 0 Å². The van der Waals surface area contributed by atoms with Gasteiger partial charge in [-0.1, -0.05) is 6.92 Å². The predicted molar refractivity (Wildman–Crippen MR) is 53.1 cm³/mol. The van der Waals surface area contributed by atoms with Crippen LogP contribution in [0.25, 0.3) is 0 Å². The summed E-state index contributed by atoms with van der Waals surface area (Å²) in [7, 11) is 1.59. The zero-order valence-electron chi connectivity index (χ0n) is 9.85. The maximum absolute atomic E-state index is 12.2. The number of halogens is 3. The van der Waals surface area contributed by atoms with E-state index in [4.69, 9.17) is 0 Å². The summed E-state index contributed by atoms with van der Waals surface area (Å²) in [4.78, 5) is 1.48. The summed E-state index contributed by atoms with van der Waals surface area (Å²) in [6.07, 6.45) is 3.27. The van der Waals surface area contributed by atoms with Crippen molar-refractivity contribution in [1.29, 1.82) is 0 Å². The fourth-order valence-electron chi connectivity index (χ4n) is 2.16. The first-order valence-corrected chi connectivity index (χ1v) is 5.29. The minimum atomic E-state index is -4.66. The monoisotopic (exact) mass is 247 g/mol. The molecule has 0 bridgehead atoms. The molecule has 0 aromatic heterocycles. The van der Waals surface area contributed by atoms with Crippen LogP contribution < -0.4 is 51.4 Å². The molecule has 0 aromatic rings. The smallest absolute Gasteiger partial charge is 0.448 e. The van der Waals surface area contributed by atoms with Crippen LogP contribution in [0.1, 0.15) is 32.6 Å². The van der Waals surface area contributed by atoms with Crippen LogP contribution in [-0.2, 0) is 0 Å². The van der Waals surface area contributed by atoms with Gasteiger partial charge in [0.1, 0.15) is 0 Å². The molecule has 0 amide bonds. The van der Waals surface area contributed by atoms with Gasteiger partial charge in [0.2, 0.25) is 0 Å². The third-order valence-corrected chi connectivity index (χ3v) is 3.10. The minimum absolute atomic E-state index is 0. The Kier molecular flexibility index (Phi) is 7.69. The van der Waals surface area contributed by atoms with Gasteiger partial charge >= 0.3 is 58.4 Å². The molecule has 1 aliphatic carbocycles. The van der Waals surface area contributed by atoms with E-state index < -0.39 is 13.4 Å². The van der Waals surface area contributed by atoms with Crippen molar-refractivity contribution in [3.05, 3.63) is 0 Å². The molecule has 1 fully saturated rings. The molecule has 0 spiro atoms. The topological polar surface area (TPSA) is 3.24 Å². The minimum Gasteiger partial charge on any atom is -0.448 e. The molecule has 1 rings (SSSR count). The van der Waals surface area contributed by atoms with E-state index in [2.05, 4.69) is 6.92 Å². The Hall–Kier alpha value is 1.45. The summed E-state index contributed by atoms with van der Waals surface area (Å²) in [5.41, 5.74) is 0. The second kappa shape index (κ2) is 7.01. The van der Waals surface area contributed by atoms with Gasteiger partial charge in [-0.25, -0.2) is 0 Å². The maximum Gasteiger partial charge on any atom is 1.00 e. The number of rotatable bonds is 3. The van der Waals surface area contributed by atoms with Crippen molar-refractivity contribution >= 4 is 6.98 Å². The van der Waals surface area contributed by atoms with Gasteiger partial charge in [0.05, 0.1) is 0 Å². The van der Waals surface area contributed by atoms with Gasteiger partial charge in [0, 0.05) is 6.04 Å². The molecule has 0 N–H and O–H groups in total. The van der Waals surface area contributed by atoms with Crippen molar-refractivity contribution in [3.8, 4) is 0 Å². The molecule has 0 atom stereocenters. The van der Waals surface area contributed by atoms with E-state index in [-0.39, 0.29) is 57.4 Å². The first-order chi connectivity index (χ1) is 6.38. The third kappa shape index (κ3) is 6.68. The van der Waals surface area contributed by atoms with E-state index in [0.29, 0.717) is 5.92 Å². The molecule has 1 nitrogen and oxygen atoms in total. The summed E-state index contributed by atoms with van der Waals surface area (Å²) in [6, 6.07) is 0.148. The molecule has 0 unspecified atom stereocenters. The Morgan fingerprint density at radius 2 is 1.60 bits per heavy atom. The van der Waals surface area contributed by atoms with Crippen LogP contribution in [-0.4, -0.2) is 31.4 Å². The van der Waals surface area contributed by atoms with Gasteiger partial charge in [0.25, 0.3) is 0 Å². The van der Waals surface area contributed by atoms with E-state index >= 15 is 0 Å². The fraction of sp³-hybridized carbons (Fsp3) is 1.00. The standard InChI is InChI=1S/C9H18BF3N.K/c1-8-3-5-9(6-4-8)14(2)7-10(11,12)13;/h8-9H,3-7H2,1-2H3;/q-1;+1. The van der Waals surface area contributed by atoms with E-state index in [0.717, 1.165) is 25.7 Å². The predicted octanol–water partition coefficient (Wildman–Crippen LogP) is -0.112. The van der Waals surface area contributed by atoms with Gasteiger partial charge in [-0.3, -0.25) is 0 Å². The van der Waals surface area contributed by atoms with E-state index in [1.165, 1.54) is 4.90 Å². The van der Waals surface area contributed by atoms with Crippen molar-refractivity contribution in [3.63, 3.8) is 0 Å². The molecule has 6 heteroatoms. The van der Waals surface area contributed by atoms with E-state index in [1.807, 2.05) is 0 Å². The number of hydrogen-bond donors (Lipinski definition) is 0. The summed E-state index contributed by atoms with van der Waals surface area (Å²) in [5, 5.41) is 0. The molecule has 0 aliphatic heterocycles. The Morgan fingerprint density at radius 3 is 2.00 bits per heavy atom. The van der Waals surface area contributed by atoms with Crippen LogP contribution in [0, 0.1) is 5.92 Å². The summed E-state index contributed by atoms with van der Waals surface area (Å²) < 4.78 is 36.5. The summed E-state index contributed by atoms with van der Waals surface area (Å²) in [6.45, 7) is -2.49. The molecule has 84 valence electrons. The van der Waals surface area contributed by atoms with Crippen molar-refractivity contribution in [2.75, 3.05) is 13.5 Å². The van der Waals surface area contributed by atoms with Crippen LogP contribution in [0.4, 0.5) is 12.9 Å². The molecular weight excluding hydrogens is 229 g/mol. The Bertz CT molecular complexity index is 181. The Morgan fingerprint density at radius 1 is 1.13 bits per heavy atom. The molecule has 0 saturated heterocycles. The first kappa shape index (κ1) is 16.5. The van der Waals surface area contributed by atoms with Gasteiger partial charge in [-0.2, -0.15) is 0 Å². The molecule has 1 saturated carbocycles. The zero-order valence-corrected chi connectivity index (χ0v) is 13.0. The molecule has 0 aromatic carbocycles. The molecule has 15 heavy (non-hydrogen) atoms. The third-order valence-electron chi connectivity index (χ3n) is 3.10. The molecule has 1 aliphatic rings. The SMILES string of the molecule is CC1CCC(N(C)C[B-](F)(F)F)CC1.[K+]. The van der Waals surface area contributed by atoms with Crippen molar-refractivity contribution in [2.24, 2.45) is 5.92 Å². The molecule has 0 heterocycles. The van der Waals surface area contributed by atoms with Crippen LogP contribution in [0.3, 0.4) is 0 Å². The van der Waals surface area contributed by atoms with Crippen molar-refractivity contribution < 1.29 is 64.3 Å². The number of nitrogens with zero attached hydrogens (tertiary/aromatic N) is 1. The zero-order chi connectivity index (χ0) is 10.8. The van der Waals surface area contributed by atoms with Crippen LogP contribution in [0.5, 0.6) is 0 Å². The Balaban J connectivity index is 0.00000196. The average molecular weight is 247 g/mol. The normalized spacial score (nSPS) is 27.6. The first-order valence-electron chi connectivity index (χ1n) is 5.29. The quantitative estimate of drug-likeness (QED) is 0.629. The second-order valence-corrected chi connectivity index (χ2v) is 4.56. The van der Waals surface area contributed by atoms with Gasteiger partial charge in [-0.15, -0.1) is 0 Å². The Labute approximate surface area is 133 Å². The molecular formula is C9H18BF3KN. The van der Waals surface area contributed by atoms with Crippen LogP contribution in [0.2, 0.25) is 0 Å². The van der Waals surface area contributed by atoms with E-state index in [9.17, 15) is 12.9 Å². The molecule has 0 radical (unpaired) electrons. The number of hydrogen-bond acceptors (Lipinski definition) is 1. The van der Waals surface area contributed by atoms with Crippen molar-refractivity contribution in [1.82, 2.24) is 4.90 Å². The van der Waals surface area contributed by atoms with Gasteiger partial charge < -0.3 is 17.8 Å².